The van der Waals surface area contributed by atoms with Gasteiger partial charge in [0.25, 0.3) is 5.56 Å². The van der Waals surface area contributed by atoms with Gasteiger partial charge in [-0.05, 0) is 84.3 Å². The van der Waals surface area contributed by atoms with Gasteiger partial charge in [-0.25, -0.2) is 24.2 Å². The number of likely N-dealkylation sites (N-methyl/N-ethyl adjacent to an activating group) is 2. The number of nitrogens with one attached hydrogen (secondary N) is 1. The van der Waals surface area contributed by atoms with Crippen molar-refractivity contribution in [1.82, 2.24) is 28.9 Å². The number of benzene rings is 4. The summed E-state index contributed by atoms with van der Waals surface area (Å²) in [5, 5.41) is 79.3. The fourth-order valence-electron chi connectivity index (χ4n) is 7.41. The minimum absolute atomic E-state index is 0. The number of aromatic carboxylic acids is 1. The van der Waals surface area contributed by atoms with E-state index in [-0.39, 0.29) is 97.6 Å². The van der Waals surface area contributed by atoms with Crippen molar-refractivity contribution in [3.05, 3.63) is 164 Å². The Morgan fingerprint density at radius 2 is 1.32 bits per heavy atom. The van der Waals surface area contributed by atoms with Crippen molar-refractivity contribution < 1.29 is 91.1 Å². The Labute approximate surface area is 484 Å². The number of aryl methyl sites for hydroxylation is 2. The summed E-state index contributed by atoms with van der Waals surface area (Å²) in [6.07, 6.45) is -4.71. The van der Waals surface area contributed by atoms with Crippen LogP contribution in [0, 0.1) is 0 Å². The minimum Gasteiger partial charge on any atom is -0.870 e. The monoisotopic (exact) mass is 1150 g/mol. The van der Waals surface area contributed by atoms with Gasteiger partial charge in [0, 0.05) is 53.6 Å². The smallest absolute Gasteiger partial charge is 0.870 e. The van der Waals surface area contributed by atoms with Gasteiger partial charge in [0.15, 0.2) is 23.4 Å². The Hall–Kier alpha value is -7.01. The minimum atomic E-state index is -2.33. The van der Waals surface area contributed by atoms with Gasteiger partial charge >= 0.3 is 70.0 Å². The SMILES string of the molecule is CC(=O)Oc1ccccc1C(=O)O.CN1CCC2=C(C1)C(c1ccccc1)c1ccccc12.CNC[C@H](O)c1cccc(O)c1.Cl.Cn1c(=O)c2c(ncn2C)n(C)c1=O.O=C(O)[C@H](O)[C@@H](O)C(=O)O.O=C([O-])[O-].[Al+3].[Mg+2].[OH-].[OH-].[OH-]. The first kappa shape index (κ1) is 78.5. The molecule has 4 aromatic carbocycles. The molecule has 0 bridgehead atoms. The molecule has 1 unspecified atom stereocenters. The quantitative estimate of drug-likeness (QED) is 0.0509. The van der Waals surface area contributed by atoms with E-state index in [1.165, 1.54) is 66.7 Å². The van der Waals surface area contributed by atoms with Crippen molar-refractivity contribution >= 4 is 99.6 Å². The first-order chi connectivity index (χ1) is 34.4. The number of para-hydroxylation sites is 1. The first-order valence-electron chi connectivity index (χ1n) is 21.9. The number of carboxylic acid groups (broad SMARTS) is 5. The number of nitrogens with zero attached hydrogens (tertiary/aromatic N) is 5. The van der Waals surface area contributed by atoms with E-state index in [1.54, 1.807) is 73.3 Å². The maximum Gasteiger partial charge on any atom is 3.00 e. The van der Waals surface area contributed by atoms with E-state index in [4.69, 9.17) is 45.6 Å². The summed E-state index contributed by atoms with van der Waals surface area (Å²) in [7, 11) is 8.77. The number of phenols is 1. The second kappa shape index (κ2) is 37.7. The number of halogens is 1. The van der Waals surface area contributed by atoms with Gasteiger partial charge < -0.3 is 86.7 Å². The van der Waals surface area contributed by atoms with E-state index in [0.717, 1.165) is 16.7 Å². The maximum atomic E-state index is 11.7. The zero-order valence-corrected chi connectivity index (χ0v) is 46.9. The number of aromatic hydroxyl groups is 1. The summed E-state index contributed by atoms with van der Waals surface area (Å²) in [4.78, 5) is 78.7. The summed E-state index contributed by atoms with van der Waals surface area (Å²) in [6.45, 7) is 3.99. The number of carboxylic acids is 3. The number of carbonyl (C=O) groups is 5. The summed E-state index contributed by atoms with van der Waals surface area (Å²) < 4.78 is 8.73. The molecule has 0 radical (unpaired) electrons. The number of aliphatic carboxylic acids is 2. The van der Waals surface area contributed by atoms with Crippen molar-refractivity contribution in [2.45, 2.75) is 37.6 Å². The molecule has 422 valence electrons. The van der Waals surface area contributed by atoms with Crippen LogP contribution >= 0.6 is 12.4 Å². The molecule has 11 N–H and O–H groups in total. The Bertz CT molecular complexity index is 3030. The van der Waals surface area contributed by atoms with Crippen LogP contribution in [0.2, 0.25) is 0 Å². The van der Waals surface area contributed by atoms with Crippen LogP contribution in [0.5, 0.6) is 11.5 Å². The standard InChI is InChI=1S/C19H19N.C9H13NO2.C9H8O4.C8H10N4O2.C4H6O6.CH2O3.Al.ClH.Mg.3H2O/c1-20-12-11-16-15-9-5-6-10-17(15)19(18(16)13-20)14-7-3-2-4-8-14;1-10-6-9(12)7-3-2-4-8(11)5-7;1-6(10)13-8-5-3-2-4-7(8)9(11)12;1-10-4-9-6-5(10)7(13)12(3)8(14)11(6)2;5-1(3(7)8)2(6)4(9)10;2-1(3)4;;;;;;/h2-10,19H,11-13H2,1H3;2-5,9-12H,6H2,1H3;2-5H,1H3,(H,11,12);4H,1-3H3;1-2,5-6H,(H,7,8)(H,9,10);(H2,2,3,4);;1H;;3*1H2/q;;;;;;+3;;+2;;;/p-5/t;9-;;;1-,2-;;;;;;;/m.0..1......./s1. The largest absolute Gasteiger partial charge is 3.00 e. The number of esters is 1. The molecule has 0 saturated heterocycles. The molecule has 0 spiro atoms. The molecule has 26 nitrogen and oxygen atoms in total. The van der Waals surface area contributed by atoms with Crippen LogP contribution in [0.25, 0.3) is 16.7 Å². The van der Waals surface area contributed by atoms with Crippen molar-refractivity contribution in [2.24, 2.45) is 21.1 Å². The third kappa shape index (κ3) is 22.7. The third-order valence-corrected chi connectivity index (χ3v) is 10.8. The number of imidazole rings is 1. The molecular weight excluding hydrogens is 1090 g/mol. The average molecular weight is 1150 g/mol. The van der Waals surface area contributed by atoms with Gasteiger partial charge in [0.05, 0.1) is 12.4 Å². The van der Waals surface area contributed by atoms with E-state index in [0.29, 0.717) is 23.6 Å². The Morgan fingerprint density at radius 1 is 0.785 bits per heavy atom. The molecule has 8 rings (SSSR count). The predicted octanol–water partition coefficient (Wildman–Crippen LogP) is -0.593. The van der Waals surface area contributed by atoms with E-state index in [1.807, 2.05) is 0 Å². The number of rotatable bonds is 9. The van der Waals surface area contributed by atoms with Crippen LogP contribution in [-0.2, 0) is 35.5 Å². The predicted molar refractivity (Wildman–Crippen MR) is 284 cm³/mol. The molecule has 2 aromatic heterocycles. The number of aromatic nitrogens is 4. The van der Waals surface area contributed by atoms with Crippen molar-refractivity contribution in [1.29, 1.82) is 0 Å². The van der Waals surface area contributed by atoms with Crippen LogP contribution < -0.4 is 31.5 Å². The zero-order valence-electron chi connectivity index (χ0n) is 43.5. The number of phenolic OH excluding ortho intramolecular Hbond substituents is 1. The fraction of sp³-hybridized carbons (Fsp3) is 0.280. The van der Waals surface area contributed by atoms with E-state index in [2.05, 4.69) is 81.6 Å². The van der Waals surface area contributed by atoms with Crippen LogP contribution in [0.3, 0.4) is 0 Å². The molecule has 2 aliphatic rings. The van der Waals surface area contributed by atoms with Crippen molar-refractivity contribution in [2.75, 3.05) is 33.7 Å². The number of ether oxygens (including phenoxy) is 1. The summed E-state index contributed by atoms with van der Waals surface area (Å²) >= 11 is 0. The Kier molecular flexibility index (Phi) is 37.5. The Balaban J connectivity index is -0.000000438. The summed E-state index contributed by atoms with van der Waals surface area (Å²) in [6, 6.07) is 32.5. The van der Waals surface area contributed by atoms with Gasteiger partial charge in [0.1, 0.15) is 17.1 Å². The molecule has 0 fully saturated rings. The molecule has 79 heavy (non-hydrogen) atoms. The normalized spacial score (nSPS) is 13.3. The second-order valence-electron chi connectivity index (χ2n) is 16.0. The number of fused-ring (bicyclic) bond motifs is 3. The topological polar surface area (TPSA) is 449 Å². The van der Waals surface area contributed by atoms with E-state index < -0.39 is 48.3 Å². The van der Waals surface area contributed by atoms with Gasteiger partial charge in [0.2, 0.25) is 0 Å². The van der Waals surface area contributed by atoms with Crippen LogP contribution in [-0.4, -0.2) is 192 Å². The second-order valence-corrected chi connectivity index (χ2v) is 16.0. The van der Waals surface area contributed by atoms with Gasteiger partial charge in [-0.2, -0.15) is 0 Å². The number of aliphatic hydroxyl groups is 3. The van der Waals surface area contributed by atoms with Crippen LogP contribution in [0.15, 0.2) is 125 Å². The molecule has 1 aliphatic carbocycles. The summed E-state index contributed by atoms with van der Waals surface area (Å²) in [5.74, 6) is -4.47. The average Bonchev–Trinajstić information content (AvgIpc) is 3.90. The molecule has 4 atom stereocenters. The maximum absolute atomic E-state index is 11.7. The van der Waals surface area contributed by atoms with Crippen molar-refractivity contribution in [3.63, 3.8) is 0 Å². The summed E-state index contributed by atoms with van der Waals surface area (Å²) in [5.41, 5.74) is 8.53. The van der Waals surface area contributed by atoms with Crippen LogP contribution in [0.4, 0.5) is 4.79 Å². The number of hydrogen-bond acceptors (Lipinski definition) is 20. The first-order valence-corrected chi connectivity index (χ1v) is 21.9. The number of carbonyl (C=O) groups excluding carboxylic acids is 2. The van der Waals surface area contributed by atoms with E-state index >= 15 is 0 Å². The molecule has 0 saturated carbocycles. The molecule has 6 aromatic rings. The van der Waals surface area contributed by atoms with Crippen molar-refractivity contribution in [3.8, 4) is 11.5 Å². The molecular formula is C50H60AlClMgN6O20. The number of aliphatic hydroxyl groups excluding tert-OH is 3. The van der Waals surface area contributed by atoms with Gasteiger partial charge in [-0.3, -0.25) is 18.7 Å². The van der Waals surface area contributed by atoms with E-state index in [9.17, 15) is 33.9 Å². The third-order valence-electron chi connectivity index (χ3n) is 10.8. The zero-order chi connectivity index (χ0) is 54.7. The van der Waals surface area contributed by atoms with Gasteiger partial charge in [-0.15, -0.1) is 12.4 Å². The molecule has 1 aliphatic heterocycles. The molecule has 3 heterocycles. The molecule has 0 amide bonds. The molecule has 29 heteroatoms. The van der Waals surface area contributed by atoms with Gasteiger partial charge in [-0.1, -0.05) is 78.9 Å². The number of hydrogen-bond donors (Lipinski definition) is 8. The van der Waals surface area contributed by atoms with Crippen LogP contribution in [0.1, 0.15) is 58.0 Å². The fourth-order valence-corrected chi connectivity index (χ4v) is 7.41. The Morgan fingerprint density at radius 3 is 1.84 bits per heavy atom.